The highest BCUT2D eigenvalue weighted by molar-refractivity contribution is 9.10. The first-order chi connectivity index (χ1) is 8.69. The van der Waals surface area contributed by atoms with Gasteiger partial charge in [0.15, 0.2) is 0 Å². The molecule has 0 unspecified atom stereocenters. The molecule has 0 atom stereocenters. The number of hydrogen-bond acceptors (Lipinski definition) is 4. The SMILES string of the molecule is NNc1ccnc(COc2ccc(F)c(Br)c2)c1. The molecule has 0 aliphatic rings. The van der Waals surface area contributed by atoms with Gasteiger partial charge in [0, 0.05) is 6.20 Å². The lowest BCUT2D eigenvalue weighted by Crippen LogP contribution is -2.08. The fourth-order valence-electron chi connectivity index (χ4n) is 1.37. The number of nitrogens with two attached hydrogens (primary N) is 1. The maximum Gasteiger partial charge on any atom is 0.137 e. The van der Waals surface area contributed by atoms with Crippen molar-refractivity contribution < 1.29 is 9.13 Å². The number of rotatable bonds is 4. The van der Waals surface area contributed by atoms with Gasteiger partial charge in [0.25, 0.3) is 0 Å². The van der Waals surface area contributed by atoms with Crippen molar-refractivity contribution in [2.45, 2.75) is 6.61 Å². The van der Waals surface area contributed by atoms with E-state index in [1.807, 2.05) is 0 Å². The molecule has 3 N–H and O–H groups in total. The second kappa shape index (κ2) is 5.79. The number of ether oxygens (including phenoxy) is 1. The Kier molecular flexibility index (Phi) is 4.11. The summed E-state index contributed by atoms with van der Waals surface area (Å²) in [5, 5.41) is 0. The molecule has 0 saturated heterocycles. The van der Waals surface area contributed by atoms with Crippen LogP contribution in [0.25, 0.3) is 0 Å². The van der Waals surface area contributed by atoms with Crippen LogP contribution >= 0.6 is 15.9 Å². The van der Waals surface area contributed by atoms with Crippen LogP contribution in [0.5, 0.6) is 5.75 Å². The van der Waals surface area contributed by atoms with Crippen molar-refractivity contribution in [1.82, 2.24) is 4.98 Å². The number of nitrogens with zero attached hydrogens (tertiary/aromatic N) is 1. The monoisotopic (exact) mass is 311 g/mol. The van der Waals surface area contributed by atoms with Crippen molar-refractivity contribution >= 4 is 21.6 Å². The number of halogens is 2. The summed E-state index contributed by atoms with van der Waals surface area (Å²) in [6.45, 7) is 0.285. The highest BCUT2D eigenvalue weighted by Crippen LogP contribution is 2.22. The molecule has 0 spiro atoms. The standard InChI is InChI=1S/C12H11BrFN3O/c13-11-6-10(1-2-12(11)14)18-7-9-5-8(17-15)3-4-16-9/h1-6H,7,15H2,(H,16,17). The van der Waals surface area contributed by atoms with Crippen LogP contribution in [0.1, 0.15) is 5.69 Å². The molecule has 0 fully saturated rings. The molecular formula is C12H11BrFN3O. The lowest BCUT2D eigenvalue weighted by atomic mass is 10.3. The second-order valence-electron chi connectivity index (χ2n) is 3.54. The molecule has 18 heavy (non-hydrogen) atoms. The van der Waals surface area contributed by atoms with E-state index in [1.54, 1.807) is 30.5 Å². The summed E-state index contributed by atoms with van der Waals surface area (Å²) in [7, 11) is 0. The third kappa shape index (κ3) is 3.18. The summed E-state index contributed by atoms with van der Waals surface area (Å²) in [5.74, 6) is 5.54. The largest absolute Gasteiger partial charge is 0.487 e. The van der Waals surface area contributed by atoms with E-state index in [0.29, 0.717) is 10.2 Å². The number of nitrogen functional groups attached to an aromatic ring is 1. The van der Waals surface area contributed by atoms with Crippen LogP contribution in [0, 0.1) is 5.82 Å². The first-order valence-electron chi connectivity index (χ1n) is 5.18. The van der Waals surface area contributed by atoms with Crippen LogP contribution in [0.4, 0.5) is 10.1 Å². The number of benzene rings is 1. The van der Waals surface area contributed by atoms with Crippen LogP contribution < -0.4 is 16.0 Å². The van der Waals surface area contributed by atoms with Crippen LogP contribution in [-0.4, -0.2) is 4.98 Å². The normalized spacial score (nSPS) is 10.2. The lowest BCUT2D eigenvalue weighted by molar-refractivity contribution is 0.300. The summed E-state index contributed by atoms with van der Waals surface area (Å²) in [6.07, 6.45) is 1.63. The zero-order chi connectivity index (χ0) is 13.0. The van der Waals surface area contributed by atoms with Crippen LogP contribution in [0.3, 0.4) is 0 Å². The van der Waals surface area contributed by atoms with E-state index < -0.39 is 0 Å². The molecule has 2 rings (SSSR count). The maximum absolute atomic E-state index is 13.0. The van der Waals surface area contributed by atoms with Gasteiger partial charge in [0.2, 0.25) is 0 Å². The average Bonchev–Trinajstić information content (AvgIpc) is 2.40. The van der Waals surface area contributed by atoms with E-state index in [0.717, 1.165) is 11.4 Å². The predicted octanol–water partition coefficient (Wildman–Crippen LogP) is 2.85. The molecule has 1 aromatic carbocycles. The van der Waals surface area contributed by atoms with Gasteiger partial charge >= 0.3 is 0 Å². The molecule has 0 amide bonds. The average molecular weight is 312 g/mol. The summed E-state index contributed by atoms with van der Waals surface area (Å²) >= 11 is 3.10. The molecular weight excluding hydrogens is 301 g/mol. The molecule has 0 saturated carbocycles. The smallest absolute Gasteiger partial charge is 0.137 e. The topological polar surface area (TPSA) is 60.2 Å². The summed E-state index contributed by atoms with van der Waals surface area (Å²) in [5.41, 5.74) is 4.01. The Morgan fingerprint density at radius 3 is 2.89 bits per heavy atom. The fourth-order valence-corrected chi connectivity index (χ4v) is 1.73. The van der Waals surface area contributed by atoms with Gasteiger partial charge in [-0.05, 0) is 46.3 Å². The minimum atomic E-state index is -0.324. The molecule has 1 heterocycles. The molecule has 0 aliphatic carbocycles. The Morgan fingerprint density at radius 1 is 1.33 bits per heavy atom. The molecule has 4 nitrogen and oxygen atoms in total. The Balaban J connectivity index is 2.04. The van der Waals surface area contributed by atoms with Gasteiger partial charge < -0.3 is 10.2 Å². The van der Waals surface area contributed by atoms with Crippen molar-refractivity contribution in [3.63, 3.8) is 0 Å². The third-order valence-electron chi connectivity index (χ3n) is 2.26. The number of pyridine rings is 1. The number of hydrogen-bond donors (Lipinski definition) is 2. The molecule has 1 aromatic heterocycles. The summed E-state index contributed by atoms with van der Waals surface area (Å²) < 4.78 is 18.9. The van der Waals surface area contributed by atoms with Crippen LogP contribution in [0.15, 0.2) is 41.0 Å². The van der Waals surface area contributed by atoms with E-state index in [-0.39, 0.29) is 12.4 Å². The van der Waals surface area contributed by atoms with E-state index in [9.17, 15) is 4.39 Å². The van der Waals surface area contributed by atoms with Crippen LogP contribution in [0.2, 0.25) is 0 Å². The third-order valence-corrected chi connectivity index (χ3v) is 2.87. The van der Waals surface area contributed by atoms with Gasteiger partial charge in [-0.3, -0.25) is 10.8 Å². The van der Waals surface area contributed by atoms with Gasteiger partial charge in [0.05, 0.1) is 15.9 Å². The van der Waals surface area contributed by atoms with Gasteiger partial charge in [0.1, 0.15) is 18.2 Å². The fraction of sp³-hybridized carbons (Fsp3) is 0.0833. The van der Waals surface area contributed by atoms with Crippen molar-refractivity contribution in [2.75, 3.05) is 5.43 Å². The van der Waals surface area contributed by atoms with Crippen molar-refractivity contribution in [2.24, 2.45) is 5.84 Å². The van der Waals surface area contributed by atoms with Crippen LogP contribution in [-0.2, 0) is 6.61 Å². The first-order valence-corrected chi connectivity index (χ1v) is 5.98. The van der Waals surface area contributed by atoms with E-state index >= 15 is 0 Å². The molecule has 0 radical (unpaired) electrons. The zero-order valence-electron chi connectivity index (χ0n) is 9.36. The number of nitrogens with one attached hydrogen (secondary N) is 1. The highest BCUT2D eigenvalue weighted by Gasteiger charge is 2.02. The van der Waals surface area contributed by atoms with Gasteiger partial charge in [-0.1, -0.05) is 0 Å². The van der Waals surface area contributed by atoms with Gasteiger partial charge in [-0.2, -0.15) is 0 Å². The predicted molar refractivity (Wildman–Crippen MR) is 70.5 cm³/mol. The van der Waals surface area contributed by atoms with Crippen molar-refractivity contribution in [3.05, 3.63) is 52.5 Å². The number of anilines is 1. The minimum Gasteiger partial charge on any atom is -0.487 e. The first kappa shape index (κ1) is 12.8. The van der Waals surface area contributed by atoms with Gasteiger partial charge in [-0.25, -0.2) is 4.39 Å². The van der Waals surface area contributed by atoms with E-state index in [4.69, 9.17) is 10.6 Å². The molecule has 2 aromatic rings. The maximum atomic E-state index is 13.0. The highest BCUT2D eigenvalue weighted by atomic mass is 79.9. The number of hydrazine groups is 1. The van der Waals surface area contributed by atoms with E-state index in [2.05, 4.69) is 26.3 Å². The summed E-state index contributed by atoms with van der Waals surface area (Å²) in [4.78, 5) is 4.14. The van der Waals surface area contributed by atoms with Gasteiger partial charge in [-0.15, -0.1) is 0 Å². The molecule has 0 aliphatic heterocycles. The molecule has 94 valence electrons. The molecule has 6 heteroatoms. The lowest BCUT2D eigenvalue weighted by Gasteiger charge is -2.07. The molecule has 0 bridgehead atoms. The quantitative estimate of drug-likeness (QED) is 0.673. The summed E-state index contributed by atoms with van der Waals surface area (Å²) in [6, 6.07) is 7.99. The number of aromatic nitrogens is 1. The van der Waals surface area contributed by atoms with Crippen molar-refractivity contribution in [3.8, 4) is 5.75 Å². The van der Waals surface area contributed by atoms with E-state index in [1.165, 1.54) is 6.07 Å². The Labute approximate surface area is 112 Å². The Bertz CT molecular complexity index is 551. The zero-order valence-corrected chi connectivity index (χ0v) is 10.9. The second-order valence-corrected chi connectivity index (χ2v) is 4.40. The Hall–Kier alpha value is -1.66. The van der Waals surface area contributed by atoms with Crippen molar-refractivity contribution in [1.29, 1.82) is 0 Å². The Morgan fingerprint density at radius 2 is 2.17 bits per heavy atom. The minimum absolute atomic E-state index is 0.285.